The third-order valence-corrected chi connectivity index (χ3v) is 8.22. The van der Waals surface area contributed by atoms with E-state index in [2.05, 4.69) is 25.9 Å². The highest BCUT2D eigenvalue weighted by molar-refractivity contribution is 5.91. The van der Waals surface area contributed by atoms with Crippen LogP contribution in [-0.4, -0.2) is 55.5 Å². The smallest absolute Gasteiger partial charge is 0.320 e. The molecule has 2 aliphatic carbocycles. The third-order valence-electron chi connectivity index (χ3n) is 8.22. The van der Waals surface area contributed by atoms with Gasteiger partial charge in [-0.3, -0.25) is 10.00 Å². The second-order valence-corrected chi connectivity index (χ2v) is 11.5. The first kappa shape index (κ1) is 31.1. The van der Waals surface area contributed by atoms with E-state index in [4.69, 9.17) is 24.5 Å². The van der Waals surface area contributed by atoms with E-state index in [9.17, 15) is 4.79 Å². The van der Waals surface area contributed by atoms with Gasteiger partial charge in [-0.1, -0.05) is 19.3 Å². The summed E-state index contributed by atoms with van der Waals surface area (Å²) in [6, 6.07) is 3.69. The zero-order valence-electron chi connectivity index (χ0n) is 26.1. The van der Waals surface area contributed by atoms with Crippen molar-refractivity contribution >= 4 is 23.5 Å². The molecule has 0 unspecified atom stereocenters. The van der Waals surface area contributed by atoms with Gasteiger partial charge in [-0.05, 0) is 45.6 Å². The van der Waals surface area contributed by atoms with Crippen LogP contribution in [0.4, 0.5) is 31.0 Å². The first-order valence-electron chi connectivity index (χ1n) is 15.6. The fourth-order valence-corrected chi connectivity index (χ4v) is 5.88. The number of hydrogen-bond acceptors (Lipinski definition) is 9. The number of nitrogens with zero attached hydrogens (tertiary/aromatic N) is 6. The second kappa shape index (κ2) is 13.6. The quantitative estimate of drug-likeness (QED) is 0.175. The van der Waals surface area contributed by atoms with Gasteiger partial charge in [0, 0.05) is 47.1 Å². The number of ether oxygens (including phenoxy) is 2. The Morgan fingerprint density at radius 3 is 2.46 bits per heavy atom. The van der Waals surface area contributed by atoms with Crippen molar-refractivity contribution < 1.29 is 23.0 Å². The Morgan fingerprint density at radius 2 is 1.80 bits per heavy atom. The number of nitrogens with one attached hydrogen (secondary N) is 3. The normalized spacial score (nSPS) is 15.0. The Bertz CT molecular complexity index is 1680. The second-order valence-electron chi connectivity index (χ2n) is 11.5. The maximum atomic E-state index is 15.1. The highest BCUT2D eigenvalue weighted by Gasteiger charge is 2.33. The molecule has 3 N–H and O–H groups in total. The molecule has 3 aromatic heterocycles. The van der Waals surface area contributed by atoms with E-state index in [1.807, 2.05) is 6.92 Å². The number of rotatable bonds is 11. The van der Waals surface area contributed by atoms with E-state index >= 15 is 8.78 Å². The Balaban J connectivity index is 1.40. The molecular weight excluding hydrogens is 596 g/mol. The first-order chi connectivity index (χ1) is 22.3. The molecule has 0 radical (unpaired) electrons. The molecule has 12 nitrogen and oxygen atoms in total. The standard InChI is InChI=1S/C32H37F2N9O3/c1-4-46-21-14-23(33)22(24(34)15-21)16-43-27(19-10-11-19)18(2)26(42-43)29-39-30(38-25-12-13-35-17-36-25)28(45-3)31(40-29)41-32(44)37-20-8-6-5-7-9-20/h12-15,17,19-20H,4-11,16H2,1-3H3,(H3,35,36,37,38,39,40,41,44). The summed E-state index contributed by atoms with van der Waals surface area (Å²) in [6.45, 7) is 3.81. The van der Waals surface area contributed by atoms with Gasteiger partial charge in [-0.15, -0.1) is 0 Å². The lowest BCUT2D eigenvalue weighted by atomic mass is 9.96. The van der Waals surface area contributed by atoms with Crippen LogP contribution in [0.3, 0.4) is 0 Å². The first-order valence-corrected chi connectivity index (χ1v) is 15.6. The van der Waals surface area contributed by atoms with Crippen molar-refractivity contribution in [3.05, 3.63) is 59.2 Å². The maximum absolute atomic E-state index is 15.1. The van der Waals surface area contributed by atoms with Crippen molar-refractivity contribution in [1.82, 2.24) is 35.0 Å². The van der Waals surface area contributed by atoms with Crippen molar-refractivity contribution in [3.63, 3.8) is 0 Å². The Morgan fingerprint density at radius 1 is 1.07 bits per heavy atom. The fourth-order valence-electron chi connectivity index (χ4n) is 5.88. The van der Waals surface area contributed by atoms with Crippen LogP contribution in [0.2, 0.25) is 0 Å². The van der Waals surface area contributed by atoms with Crippen LogP contribution in [-0.2, 0) is 6.54 Å². The third kappa shape index (κ3) is 6.85. The van der Waals surface area contributed by atoms with E-state index in [0.29, 0.717) is 18.1 Å². The number of carbonyl (C=O) groups excluding carboxylic acids is 1. The predicted molar refractivity (Wildman–Crippen MR) is 167 cm³/mol. The maximum Gasteiger partial charge on any atom is 0.320 e. The molecule has 0 atom stereocenters. The van der Waals surface area contributed by atoms with E-state index in [1.165, 1.54) is 25.6 Å². The van der Waals surface area contributed by atoms with Crippen molar-refractivity contribution in [2.75, 3.05) is 24.4 Å². The molecule has 0 spiro atoms. The zero-order chi connectivity index (χ0) is 32.2. The van der Waals surface area contributed by atoms with E-state index in [0.717, 1.165) is 56.2 Å². The van der Waals surface area contributed by atoms with Gasteiger partial charge in [0.15, 0.2) is 17.5 Å². The lowest BCUT2D eigenvalue weighted by Crippen LogP contribution is -2.39. The number of carbonyl (C=O) groups is 1. The van der Waals surface area contributed by atoms with Gasteiger partial charge in [-0.2, -0.15) is 5.10 Å². The minimum absolute atomic E-state index is 0.0714. The highest BCUT2D eigenvalue weighted by atomic mass is 19.1. The van der Waals surface area contributed by atoms with Crippen molar-refractivity contribution in [3.8, 4) is 23.0 Å². The van der Waals surface area contributed by atoms with Gasteiger partial charge < -0.3 is 20.1 Å². The molecule has 0 bridgehead atoms. The molecule has 2 fully saturated rings. The van der Waals surface area contributed by atoms with Crippen molar-refractivity contribution in [2.45, 2.75) is 77.3 Å². The number of hydrogen-bond donors (Lipinski definition) is 3. The molecule has 2 amide bonds. The summed E-state index contributed by atoms with van der Waals surface area (Å²) in [7, 11) is 1.46. The average molecular weight is 634 g/mol. The zero-order valence-corrected chi connectivity index (χ0v) is 26.1. The summed E-state index contributed by atoms with van der Waals surface area (Å²) < 4.78 is 42.8. The summed E-state index contributed by atoms with van der Waals surface area (Å²) in [5, 5.41) is 13.8. The summed E-state index contributed by atoms with van der Waals surface area (Å²) >= 11 is 0. The Labute approximate surface area is 265 Å². The lowest BCUT2D eigenvalue weighted by Gasteiger charge is -2.23. The minimum atomic E-state index is -0.715. The molecular formula is C32H37F2N9O3. The SMILES string of the molecule is CCOc1cc(F)c(Cn2nc(-c3nc(NC(=O)NC4CCCCC4)c(OC)c(Nc4ccncn4)n3)c(C)c2C2CC2)c(F)c1. The Kier molecular flexibility index (Phi) is 9.22. The minimum Gasteiger partial charge on any atom is -0.494 e. The summed E-state index contributed by atoms with van der Waals surface area (Å²) in [5.41, 5.74) is 1.93. The highest BCUT2D eigenvalue weighted by Crippen LogP contribution is 2.44. The van der Waals surface area contributed by atoms with Crippen LogP contribution in [0.1, 0.15) is 74.6 Å². The van der Waals surface area contributed by atoms with E-state index < -0.39 is 17.7 Å². The van der Waals surface area contributed by atoms with Gasteiger partial charge >= 0.3 is 6.03 Å². The molecule has 4 aromatic rings. The van der Waals surface area contributed by atoms with Gasteiger partial charge in [0.05, 0.1) is 20.3 Å². The van der Waals surface area contributed by atoms with Crippen LogP contribution in [0, 0.1) is 18.6 Å². The summed E-state index contributed by atoms with van der Waals surface area (Å²) in [4.78, 5) is 30.8. The van der Waals surface area contributed by atoms with Crippen molar-refractivity contribution in [1.29, 1.82) is 0 Å². The van der Waals surface area contributed by atoms with Crippen LogP contribution >= 0.6 is 0 Å². The number of methoxy groups -OCH3 is 1. The fraction of sp³-hybridized carbons (Fsp3) is 0.438. The monoisotopic (exact) mass is 633 g/mol. The molecule has 1 aromatic carbocycles. The van der Waals surface area contributed by atoms with Crippen LogP contribution < -0.4 is 25.4 Å². The molecule has 2 saturated carbocycles. The van der Waals surface area contributed by atoms with E-state index in [-0.39, 0.29) is 53.0 Å². The molecule has 14 heteroatoms. The summed E-state index contributed by atoms with van der Waals surface area (Å²) in [5.74, 6) is 0.0790. The average Bonchev–Trinajstić information content (AvgIpc) is 3.82. The number of halogens is 2. The molecule has 6 rings (SSSR count). The number of benzene rings is 1. The van der Waals surface area contributed by atoms with Gasteiger partial charge in [0.25, 0.3) is 0 Å². The molecule has 2 aliphatic rings. The van der Waals surface area contributed by atoms with Crippen molar-refractivity contribution in [2.24, 2.45) is 0 Å². The van der Waals surface area contributed by atoms with E-state index in [1.54, 1.807) is 23.9 Å². The number of aromatic nitrogens is 6. The Hall–Kier alpha value is -4.88. The van der Waals surface area contributed by atoms with Crippen LogP contribution in [0.5, 0.6) is 11.5 Å². The van der Waals surface area contributed by atoms with Crippen LogP contribution in [0.15, 0.2) is 30.7 Å². The lowest BCUT2D eigenvalue weighted by molar-refractivity contribution is 0.244. The van der Waals surface area contributed by atoms with Crippen LogP contribution in [0.25, 0.3) is 11.5 Å². The summed E-state index contributed by atoms with van der Waals surface area (Å²) in [6.07, 6.45) is 9.94. The molecule has 3 heterocycles. The van der Waals surface area contributed by atoms with Gasteiger partial charge in [0.2, 0.25) is 5.75 Å². The molecule has 0 saturated heterocycles. The number of urea groups is 1. The largest absolute Gasteiger partial charge is 0.494 e. The number of anilines is 3. The predicted octanol–water partition coefficient (Wildman–Crippen LogP) is 6.25. The molecule has 0 aliphatic heterocycles. The topological polar surface area (TPSA) is 141 Å². The van der Waals surface area contributed by atoms with Gasteiger partial charge in [0.1, 0.15) is 35.2 Å². The molecule has 242 valence electrons. The number of amides is 2. The van der Waals surface area contributed by atoms with Gasteiger partial charge in [-0.25, -0.2) is 33.5 Å². The molecule has 46 heavy (non-hydrogen) atoms.